The third kappa shape index (κ3) is 3.17. The molecule has 1 amide bonds. The second-order valence-corrected chi connectivity index (χ2v) is 6.45. The Kier molecular flexibility index (Phi) is 5.01. The molecule has 0 aliphatic carbocycles. The Morgan fingerprint density at radius 2 is 2.04 bits per heavy atom. The first-order valence-corrected chi connectivity index (χ1v) is 8.52. The minimum atomic E-state index is -0.554. The Bertz CT molecular complexity index is 990. The minimum absolute atomic E-state index is 0.140. The molecule has 1 fully saturated rings. The first-order valence-electron chi connectivity index (χ1n) is 8.52. The molecule has 0 bridgehead atoms. The number of aromatic amines is 1. The Balaban J connectivity index is 2.21. The van der Waals surface area contributed by atoms with E-state index in [4.69, 9.17) is 0 Å². The van der Waals surface area contributed by atoms with E-state index in [2.05, 4.69) is 10.3 Å². The summed E-state index contributed by atoms with van der Waals surface area (Å²) in [5.41, 5.74) is 1.03. The zero-order valence-electron chi connectivity index (χ0n) is 14.5. The van der Waals surface area contributed by atoms with Crippen molar-refractivity contribution in [2.45, 2.75) is 19.8 Å². The largest absolute Gasteiger partial charge is 0.321 e. The standard InChI is InChI=1S/C19H19N5O2/c1-12-2-3-14-16(10-12)23-18(25)15(11-21)17(14)24(9-6-20)19(26)13-4-7-22-8-5-13/h2-3,10,13,22H,4-5,7-9H2,1H3,(H,23,25). The Morgan fingerprint density at radius 1 is 1.31 bits per heavy atom. The summed E-state index contributed by atoms with van der Waals surface area (Å²) in [7, 11) is 0. The number of H-pyrrole nitrogens is 1. The molecule has 1 aliphatic heterocycles. The van der Waals surface area contributed by atoms with E-state index in [0.29, 0.717) is 23.7 Å². The van der Waals surface area contributed by atoms with Gasteiger partial charge < -0.3 is 10.3 Å². The van der Waals surface area contributed by atoms with Gasteiger partial charge in [0.05, 0.1) is 17.3 Å². The van der Waals surface area contributed by atoms with E-state index in [0.717, 1.165) is 18.7 Å². The lowest BCUT2D eigenvalue weighted by atomic mass is 9.95. The van der Waals surface area contributed by atoms with Crippen LogP contribution in [0.3, 0.4) is 0 Å². The lowest BCUT2D eigenvalue weighted by Gasteiger charge is -2.29. The quantitative estimate of drug-likeness (QED) is 0.817. The Morgan fingerprint density at radius 3 is 2.69 bits per heavy atom. The third-order valence-electron chi connectivity index (χ3n) is 4.71. The van der Waals surface area contributed by atoms with Crippen molar-refractivity contribution in [2.75, 3.05) is 24.5 Å². The minimum Gasteiger partial charge on any atom is -0.321 e. The maximum atomic E-state index is 13.1. The van der Waals surface area contributed by atoms with E-state index in [1.807, 2.05) is 25.1 Å². The maximum absolute atomic E-state index is 13.1. The van der Waals surface area contributed by atoms with Crippen LogP contribution in [0.2, 0.25) is 0 Å². The Hall–Kier alpha value is -3.16. The van der Waals surface area contributed by atoms with Gasteiger partial charge >= 0.3 is 0 Å². The number of benzene rings is 1. The number of anilines is 1. The van der Waals surface area contributed by atoms with Gasteiger partial charge in [-0.15, -0.1) is 0 Å². The van der Waals surface area contributed by atoms with Gasteiger partial charge in [-0.05, 0) is 44.5 Å². The molecular weight excluding hydrogens is 330 g/mol. The molecule has 0 saturated carbocycles. The molecule has 0 unspecified atom stereocenters. The molecule has 1 aromatic heterocycles. The van der Waals surface area contributed by atoms with Crippen LogP contribution in [0.25, 0.3) is 10.9 Å². The van der Waals surface area contributed by atoms with Crippen LogP contribution in [0.5, 0.6) is 0 Å². The highest BCUT2D eigenvalue weighted by Gasteiger charge is 2.30. The van der Waals surface area contributed by atoms with Crippen LogP contribution in [0, 0.1) is 35.5 Å². The predicted molar refractivity (Wildman–Crippen MR) is 97.6 cm³/mol. The average Bonchev–Trinajstić information content (AvgIpc) is 2.65. The van der Waals surface area contributed by atoms with Crippen LogP contribution in [0.4, 0.5) is 5.69 Å². The molecule has 26 heavy (non-hydrogen) atoms. The van der Waals surface area contributed by atoms with Crippen molar-refractivity contribution >= 4 is 22.5 Å². The summed E-state index contributed by atoms with van der Waals surface area (Å²) in [6, 6.07) is 9.33. The number of piperidine rings is 1. The number of carbonyl (C=O) groups excluding carboxylic acids is 1. The number of hydrogen-bond donors (Lipinski definition) is 2. The predicted octanol–water partition coefficient (Wildman–Crippen LogP) is 1.56. The molecule has 2 aromatic rings. The van der Waals surface area contributed by atoms with Crippen molar-refractivity contribution in [2.24, 2.45) is 5.92 Å². The van der Waals surface area contributed by atoms with Crippen molar-refractivity contribution in [3.8, 4) is 12.1 Å². The topological polar surface area (TPSA) is 113 Å². The first kappa shape index (κ1) is 17.7. The molecule has 0 radical (unpaired) electrons. The number of hydrogen-bond acceptors (Lipinski definition) is 5. The lowest BCUT2D eigenvalue weighted by Crippen LogP contribution is -2.42. The van der Waals surface area contributed by atoms with E-state index in [1.54, 1.807) is 12.1 Å². The van der Waals surface area contributed by atoms with Gasteiger partial charge in [0, 0.05) is 11.3 Å². The smallest absolute Gasteiger partial charge is 0.268 e. The molecule has 1 aliphatic rings. The fraction of sp³-hybridized carbons (Fsp3) is 0.368. The summed E-state index contributed by atoms with van der Waals surface area (Å²) in [6.45, 7) is 3.15. The fourth-order valence-corrected chi connectivity index (χ4v) is 3.41. The first-order chi connectivity index (χ1) is 12.6. The van der Waals surface area contributed by atoms with Crippen LogP contribution in [0.15, 0.2) is 23.0 Å². The molecule has 132 valence electrons. The van der Waals surface area contributed by atoms with Gasteiger partial charge in [-0.1, -0.05) is 12.1 Å². The number of fused-ring (bicyclic) bond motifs is 1. The van der Waals surface area contributed by atoms with Crippen LogP contribution in [0.1, 0.15) is 24.0 Å². The van der Waals surface area contributed by atoms with Crippen LogP contribution >= 0.6 is 0 Å². The monoisotopic (exact) mass is 349 g/mol. The van der Waals surface area contributed by atoms with Crippen LogP contribution in [-0.4, -0.2) is 30.5 Å². The zero-order valence-corrected chi connectivity index (χ0v) is 14.5. The summed E-state index contributed by atoms with van der Waals surface area (Å²) in [5, 5.41) is 22.6. The van der Waals surface area contributed by atoms with Crippen molar-refractivity contribution in [1.29, 1.82) is 10.5 Å². The number of carbonyl (C=O) groups is 1. The molecule has 0 atom stereocenters. The van der Waals surface area contributed by atoms with E-state index >= 15 is 0 Å². The van der Waals surface area contributed by atoms with Gasteiger partial charge in [-0.3, -0.25) is 14.5 Å². The number of nitriles is 2. The van der Waals surface area contributed by atoms with Crippen LogP contribution < -0.4 is 15.8 Å². The average molecular weight is 349 g/mol. The van der Waals surface area contributed by atoms with E-state index in [1.165, 1.54) is 4.90 Å². The summed E-state index contributed by atoms with van der Waals surface area (Å²) in [6.07, 6.45) is 1.34. The van der Waals surface area contributed by atoms with Crippen LogP contribution in [-0.2, 0) is 4.79 Å². The highest BCUT2D eigenvalue weighted by Crippen LogP contribution is 2.30. The highest BCUT2D eigenvalue weighted by molar-refractivity contribution is 6.05. The fourth-order valence-electron chi connectivity index (χ4n) is 3.41. The van der Waals surface area contributed by atoms with E-state index in [-0.39, 0.29) is 29.6 Å². The maximum Gasteiger partial charge on any atom is 0.268 e. The molecule has 7 nitrogen and oxygen atoms in total. The van der Waals surface area contributed by atoms with Gasteiger partial charge in [0.2, 0.25) is 5.91 Å². The summed E-state index contributed by atoms with van der Waals surface area (Å²) < 4.78 is 0. The number of amides is 1. The van der Waals surface area contributed by atoms with Crippen molar-refractivity contribution in [3.05, 3.63) is 39.7 Å². The molecule has 2 heterocycles. The zero-order chi connectivity index (χ0) is 18.7. The Labute approximate surface area is 150 Å². The molecule has 7 heteroatoms. The summed E-state index contributed by atoms with van der Waals surface area (Å²) in [5.74, 6) is -0.437. The number of rotatable bonds is 3. The van der Waals surface area contributed by atoms with Gasteiger partial charge in [0.25, 0.3) is 5.56 Å². The number of aromatic nitrogens is 1. The SMILES string of the molecule is Cc1ccc2c(N(CC#N)C(=O)C3CCNCC3)c(C#N)c(=O)[nH]c2c1. The molecule has 1 saturated heterocycles. The number of nitrogens with zero attached hydrogens (tertiary/aromatic N) is 3. The van der Waals surface area contributed by atoms with Crippen molar-refractivity contribution < 1.29 is 4.79 Å². The molecular formula is C19H19N5O2. The van der Waals surface area contributed by atoms with Gasteiger partial charge in [0.1, 0.15) is 18.2 Å². The van der Waals surface area contributed by atoms with Gasteiger partial charge in [0.15, 0.2) is 0 Å². The van der Waals surface area contributed by atoms with Gasteiger partial charge in [-0.25, -0.2) is 0 Å². The van der Waals surface area contributed by atoms with E-state index in [9.17, 15) is 20.1 Å². The second-order valence-electron chi connectivity index (χ2n) is 6.45. The summed E-state index contributed by atoms with van der Waals surface area (Å²) in [4.78, 5) is 29.5. The number of aryl methyl sites for hydroxylation is 1. The third-order valence-corrected chi connectivity index (χ3v) is 4.71. The van der Waals surface area contributed by atoms with Gasteiger partial charge in [-0.2, -0.15) is 10.5 Å². The van der Waals surface area contributed by atoms with Crippen molar-refractivity contribution in [1.82, 2.24) is 10.3 Å². The molecule has 2 N–H and O–H groups in total. The number of nitrogens with one attached hydrogen (secondary N) is 2. The van der Waals surface area contributed by atoms with E-state index < -0.39 is 5.56 Å². The lowest BCUT2D eigenvalue weighted by molar-refractivity contribution is -0.123. The highest BCUT2D eigenvalue weighted by atomic mass is 16.2. The molecule has 1 aromatic carbocycles. The number of pyridine rings is 1. The summed E-state index contributed by atoms with van der Waals surface area (Å²) >= 11 is 0. The van der Waals surface area contributed by atoms with Crippen molar-refractivity contribution in [3.63, 3.8) is 0 Å². The second kappa shape index (κ2) is 7.38. The molecule has 3 rings (SSSR count). The normalized spacial score (nSPS) is 14.6. The molecule has 0 spiro atoms.